The molecule has 0 spiro atoms. The number of hydrogen-bond acceptors (Lipinski definition) is 3. The lowest BCUT2D eigenvalue weighted by Gasteiger charge is -2.32. The van der Waals surface area contributed by atoms with Gasteiger partial charge in [-0.1, -0.05) is 24.3 Å². The van der Waals surface area contributed by atoms with Crippen molar-refractivity contribution in [2.75, 3.05) is 20.2 Å². The normalized spacial score (nSPS) is 15.0. The molecule has 0 bridgehead atoms. The van der Waals surface area contributed by atoms with Crippen LogP contribution in [-0.4, -0.2) is 41.6 Å². The topological polar surface area (TPSA) is 46.5 Å². The van der Waals surface area contributed by atoms with Crippen LogP contribution >= 0.6 is 0 Å². The number of aromatic nitrogens is 1. The summed E-state index contributed by atoms with van der Waals surface area (Å²) in [5.41, 5.74) is 3.89. The number of benzene rings is 2. The van der Waals surface area contributed by atoms with Crippen LogP contribution in [-0.2, 0) is 6.54 Å². The van der Waals surface area contributed by atoms with E-state index in [-0.39, 0.29) is 17.8 Å². The van der Waals surface area contributed by atoms with Gasteiger partial charge in [0.25, 0.3) is 5.91 Å². The van der Waals surface area contributed by atoms with Gasteiger partial charge in [0.05, 0.1) is 18.4 Å². The molecule has 4 rings (SSSR count). The van der Waals surface area contributed by atoms with Crippen molar-refractivity contribution in [3.05, 3.63) is 82.9 Å². The minimum atomic E-state index is -0.301. The SMILES string of the molecule is COc1cccc(CN2CCC(NC(=O)c3cc(C)n(-c4ccccc4F)c3C)CC2)c1. The van der Waals surface area contributed by atoms with Gasteiger partial charge in [0.1, 0.15) is 11.6 Å². The van der Waals surface area contributed by atoms with Gasteiger partial charge in [0, 0.05) is 37.1 Å². The van der Waals surface area contributed by atoms with E-state index in [4.69, 9.17) is 4.74 Å². The van der Waals surface area contributed by atoms with Crippen molar-refractivity contribution in [1.29, 1.82) is 0 Å². The number of halogens is 1. The third-order valence-electron chi connectivity index (χ3n) is 6.23. The zero-order valence-electron chi connectivity index (χ0n) is 18.9. The zero-order valence-corrected chi connectivity index (χ0v) is 18.9. The van der Waals surface area contributed by atoms with E-state index >= 15 is 0 Å². The van der Waals surface area contributed by atoms with Crippen LogP contribution in [0.4, 0.5) is 4.39 Å². The number of nitrogens with zero attached hydrogens (tertiary/aromatic N) is 2. The van der Waals surface area contributed by atoms with Crippen molar-refractivity contribution in [3.8, 4) is 11.4 Å². The van der Waals surface area contributed by atoms with Crippen LogP contribution in [0.25, 0.3) is 5.69 Å². The van der Waals surface area contributed by atoms with Crippen molar-refractivity contribution < 1.29 is 13.9 Å². The molecule has 32 heavy (non-hydrogen) atoms. The van der Waals surface area contributed by atoms with E-state index < -0.39 is 0 Å². The molecule has 1 N–H and O–H groups in total. The first-order chi connectivity index (χ1) is 15.5. The van der Waals surface area contributed by atoms with E-state index in [0.29, 0.717) is 11.3 Å². The smallest absolute Gasteiger partial charge is 0.253 e. The van der Waals surface area contributed by atoms with Gasteiger partial charge in [-0.2, -0.15) is 0 Å². The Kier molecular flexibility index (Phi) is 6.61. The second kappa shape index (κ2) is 9.57. The molecule has 0 unspecified atom stereocenters. The highest BCUT2D eigenvalue weighted by Crippen LogP contribution is 2.24. The lowest BCUT2D eigenvalue weighted by atomic mass is 10.0. The Balaban J connectivity index is 1.37. The predicted octanol–water partition coefficient (Wildman–Crippen LogP) is 4.64. The molecule has 1 aliphatic heterocycles. The van der Waals surface area contributed by atoms with Crippen molar-refractivity contribution >= 4 is 5.91 Å². The number of piperidine rings is 1. The van der Waals surface area contributed by atoms with E-state index in [1.807, 2.05) is 32.0 Å². The Morgan fingerprint density at radius 2 is 1.84 bits per heavy atom. The highest BCUT2D eigenvalue weighted by atomic mass is 19.1. The summed E-state index contributed by atoms with van der Waals surface area (Å²) in [4.78, 5) is 15.4. The van der Waals surface area contributed by atoms with Gasteiger partial charge in [0.2, 0.25) is 0 Å². The van der Waals surface area contributed by atoms with E-state index in [0.717, 1.165) is 49.6 Å². The van der Waals surface area contributed by atoms with E-state index in [1.165, 1.54) is 11.6 Å². The number of aryl methyl sites for hydroxylation is 1. The standard InChI is InChI=1S/C26H30FN3O2/c1-18-15-23(19(2)30(18)25-10-5-4-9-24(25)27)26(31)28-21-11-13-29(14-12-21)17-20-7-6-8-22(16-20)32-3/h4-10,15-16,21H,11-14,17H2,1-3H3,(H,28,31). The van der Waals surface area contributed by atoms with Gasteiger partial charge in [-0.3, -0.25) is 9.69 Å². The van der Waals surface area contributed by atoms with E-state index in [2.05, 4.69) is 22.3 Å². The summed E-state index contributed by atoms with van der Waals surface area (Å²) in [7, 11) is 1.68. The molecule has 0 saturated carbocycles. The third kappa shape index (κ3) is 4.70. The van der Waals surface area contributed by atoms with Crippen molar-refractivity contribution in [2.24, 2.45) is 0 Å². The summed E-state index contributed by atoms with van der Waals surface area (Å²) in [6, 6.07) is 16.8. The summed E-state index contributed by atoms with van der Waals surface area (Å²) >= 11 is 0. The number of amides is 1. The summed E-state index contributed by atoms with van der Waals surface area (Å²) < 4.78 is 21.4. The van der Waals surface area contributed by atoms with Crippen molar-refractivity contribution in [2.45, 2.75) is 39.3 Å². The highest BCUT2D eigenvalue weighted by Gasteiger charge is 2.24. The van der Waals surface area contributed by atoms with Crippen LogP contribution in [0.15, 0.2) is 54.6 Å². The predicted molar refractivity (Wildman–Crippen MR) is 124 cm³/mol. The second-order valence-electron chi connectivity index (χ2n) is 8.45. The van der Waals surface area contributed by atoms with Gasteiger partial charge in [-0.15, -0.1) is 0 Å². The van der Waals surface area contributed by atoms with Crippen LogP contribution in [0, 0.1) is 19.7 Å². The first-order valence-electron chi connectivity index (χ1n) is 11.1. The van der Waals surface area contributed by atoms with E-state index in [1.54, 1.807) is 29.9 Å². The van der Waals surface area contributed by atoms with Crippen LogP contribution in [0.3, 0.4) is 0 Å². The van der Waals surface area contributed by atoms with Gasteiger partial charge in [-0.05, 0) is 62.6 Å². The Morgan fingerprint density at radius 3 is 2.56 bits per heavy atom. The van der Waals surface area contributed by atoms with Crippen LogP contribution < -0.4 is 10.1 Å². The molecule has 1 amide bonds. The third-order valence-corrected chi connectivity index (χ3v) is 6.23. The Hall–Kier alpha value is -3.12. The minimum Gasteiger partial charge on any atom is -0.497 e. The maximum absolute atomic E-state index is 14.3. The molecule has 168 valence electrons. The van der Waals surface area contributed by atoms with Gasteiger partial charge in [-0.25, -0.2) is 4.39 Å². The molecule has 0 aliphatic carbocycles. The summed E-state index contributed by atoms with van der Waals surface area (Å²) in [6.07, 6.45) is 1.81. The average Bonchev–Trinajstić information content (AvgIpc) is 3.09. The molecule has 2 heterocycles. The minimum absolute atomic E-state index is 0.0908. The fraction of sp³-hybridized carbons (Fsp3) is 0.346. The zero-order chi connectivity index (χ0) is 22.7. The van der Waals surface area contributed by atoms with Crippen molar-refractivity contribution in [1.82, 2.24) is 14.8 Å². The first-order valence-corrected chi connectivity index (χ1v) is 11.1. The molecular formula is C26H30FN3O2. The molecule has 0 atom stereocenters. The molecular weight excluding hydrogens is 405 g/mol. The Bertz CT molecular complexity index is 1100. The largest absolute Gasteiger partial charge is 0.497 e. The monoisotopic (exact) mass is 435 g/mol. The number of ether oxygens (including phenoxy) is 1. The van der Waals surface area contributed by atoms with Gasteiger partial charge >= 0.3 is 0 Å². The maximum Gasteiger partial charge on any atom is 0.253 e. The molecule has 1 aliphatic rings. The maximum atomic E-state index is 14.3. The van der Waals surface area contributed by atoms with Crippen LogP contribution in [0.1, 0.15) is 40.2 Å². The van der Waals surface area contributed by atoms with Crippen LogP contribution in [0.5, 0.6) is 5.75 Å². The lowest BCUT2D eigenvalue weighted by Crippen LogP contribution is -2.44. The molecule has 2 aromatic carbocycles. The fourth-order valence-electron chi connectivity index (χ4n) is 4.52. The summed E-state index contributed by atoms with van der Waals surface area (Å²) in [6.45, 7) is 6.49. The van der Waals surface area contributed by atoms with Crippen LogP contribution in [0.2, 0.25) is 0 Å². The second-order valence-corrected chi connectivity index (χ2v) is 8.45. The number of carbonyl (C=O) groups excluding carboxylic acids is 1. The molecule has 6 heteroatoms. The molecule has 3 aromatic rings. The van der Waals surface area contributed by atoms with Gasteiger partial charge in [0.15, 0.2) is 0 Å². The lowest BCUT2D eigenvalue weighted by molar-refractivity contribution is 0.0908. The Morgan fingerprint density at radius 1 is 1.09 bits per heavy atom. The Labute approximate surface area is 188 Å². The molecule has 1 aromatic heterocycles. The van der Waals surface area contributed by atoms with Gasteiger partial charge < -0.3 is 14.6 Å². The average molecular weight is 436 g/mol. The molecule has 1 fully saturated rings. The summed E-state index contributed by atoms with van der Waals surface area (Å²) in [5, 5.41) is 3.19. The number of methoxy groups -OCH3 is 1. The molecule has 1 saturated heterocycles. The fourth-order valence-corrected chi connectivity index (χ4v) is 4.52. The molecule has 5 nitrogen and oxygen atoms in total. The quantitative estimate of drug-likeness (QED) is 0.614. The number of carbonyl (C=O) groups is 1. The summed E-state index contributed by atoms with van der Waals surface area (Å²) in [5.74, 6) is 0.481. The number of para-hydroxylation sites is 1. The van der Waals surface area contributed by atoms with E-state index in [9.17, 15) is 9.18 Å². The number of hydrogen-bond donors (Lipinski definition) is 1. The molecule has 0 radical (unpaired) electrons. The number of likely N-dealkylation sites (tertiary alicyclic amines) is 1. The highest BCUT2D eigenvalue weighted by molar-refractivity contribution is 5.96. The van der Waals surface area contributed by atoms with Crippen molar-refractivity contribution in [3.63, 3.8) is 0 Å². The number of rotatable bonds is 6. The number of nitrogens with one attached hydrogen (secondary N) is 1. The first kappa shape index (κ1) is 22.1.